The van der Waals surface area contributed by atoms with E-state index in [1.54, 1.807) is 6.08 Å². The van der Waals surface area contributed by atoms with Gasteiger partial charge in [0.2, 0.25) is 5.91 Å². The zero-order chi connectivity index (χ0) is 22.4. The van der Waals surface area contributed by atoms with E-state index < -0.39 is 0 Å². The fraction of sp³-hybridized carbons (Fsp3) is 0.292. The molecule has 0 aliphatic carbocycles. The van der Waals surface area contributed by atoms with Crippen molar-refractivity contribution in [3.05, 3.63) is 77.1 Å². The molecule has 1 heterocycles. The van der Waals surface area contributed by atoms with E-state index >= 15 is 0 Å². The summed E-state index contributed by atoms with van der Waals surface area (Å²) in [6.45, 7) is 12.7. The summed E-state index contributed by atoms with van der Waals surface area (Å²) in [5.41, 5.74) is 5.34. The van der Waals surface area contributed by atoms with Crippen LogP contribution in [0.2, 0.25) is 0 Å². The van der Waals surface area contributed by atoms with Crippen LogP contribution in [0, 0.1) is 27.7 Å². The van der Waals surface area contributed by atoms with E-state index in [9.17, 15) is 4.79 Å². The standard InChI is InChI=1S/C24H28N4O2S/c1-6-12-28-21(14-30-20-11-10-16(2)19(5)13-20)26-27-24(28)31-15-22(29)25-23-17(3)8-7-9-18(23)4/h6-11,13H,1,12,14-15H2,2-5H3,(H,25,29). The molecule has 0 bridgehead atoms. The maximum absolute atomic E-state index is 12.5. The van der Waals surface area contributed by atoms with Crippen molar-refractivity contribution in [2.45, 2.75) is 46.0 Å². The zero-order valence-corrected chi connectivity index (χ0v) is 19.3. The number of aromatic nitrogens is 3. The van der Waals surface area contributed by atoms with Gasteiger partial charge in [-0.1, -0.05) is 42.1 Å². The first kappa shape index (κ1) is 22.6. The molecule has 31 heavy (non-hydrogen) atoms. The molecule has 3 rings (SSSR count). The van der Waals surface area contributed by atoms with Gasteiger partial charge in [0.25, 0.3) is 0 Å². The Hall–Kier alpha value is -3.06. The minimum Gasteiger partial charge on any atom is -0.486 e. The Morgan fingerprint density at radius 2 is 1.84 bits per heavy atom. The predicted molar refractivity (Wildman–Crippen MR) is 126 cm³/mol. The molecule has 6 nitrogen and oxygen atoms in total. The molecule has 0 unspecified atom stereocenters. The van der Waals surface area contributed by atoms with Crippen molar-refractivity contribution in [3.8, 4) is 5.75 Å². The number of anilines is 1. The summed E-state index contributed by atoms with van der Waals surface area (Å²) in [4.78, 5) is 12.5. The number of amides is 1. The largest absolute Gasteiger partial charge is 0.486 e. The van der Waals surface area contributed by atoms with Gasteiger partial charge in [0.15, 0.2) is 11.0 Å². The smallest absolute Gasteiger partial charge is 0.234 e. The molecular formula is C24H28N4O2S. The van der Waals surface area contributed by atoms with Crippen molar-refractivity contribution >= 4 is 23.4 Å². The second-order valence-corrected chi connectivity index (χ2v) is 8.38. The molecule has 0 aliphatic rings. The lowest BCUT2D eigenvalue weighted by Crippen LogP contribution is -2.16. The van der Waals surface area contributed by atoms with Gasteiger partial charge in [-0.15, -0.1) is 16.8 Å². The Labute approximate surface area is 187 Å². The van der Waals surface area contributed by atoms with E-state index in [2.05, 4.69) is 35.9 Å². The molecule has 0 saturated carbocycles. The molecule has 0 saturated heterocycles. The molecule has 1 aromatic heterocycles. The number of hydrogen-bond acceptors (Lipinski definition) is 5. The van der Waals surface area contributed by atoms with Crippen LogP contribution in [0.5, 0.6) is 5.75 Å². The van der Waals surface area contributed by atoms with Crippen LogP contribution in [0.4, 0.5) is 5.69 Å². The van der Waals surface area contributed by atoms with Gasteiger partial charge in [-0.3, -0.25) is 9.36 Å². The summed E-state index contributed by atoms with van der Waals surface area (Å²) in [6, 6.07) is 11.9. The minimum atomic E-state index is -0.0801. The molecule has 0 fully saturated rings. The summed E-state index contributed by atoms with van der Waals surface area (Å²) >= 11 is 1.35. The lowest BCUT2D eigenvalue weighted by Gasteiger charge is -2.12. The summed E-state index contributed by atoms with van der Waals surface area (Å²) in [5, 5.41) is 12.2. The van der Waals surface area contributed by atoms with Crippen LogP contribution in [0.3, 0.4) is 0 Å². The second-order valence-electron chi connectivity index (χ2n) is 7.44. The lowest BCUT2D eigenvalue weighted by atomic mass is 10.1. The third kappa shape index (κ3) is 5.76. The van der Waals surface area contributed by atoms with E-state index in [0.29, 0.717) is 24.1 Å². The van der Waals surface area contributed by atoms with Crippen LogP contribution in [-0.2, 0) is 17.9 Å². The second kappa shape index (κ2) is 10.3. The SMILES string of the molecule is C=CCn1c(COc2ccc(C)c(C)c2)nnc1SCC(=O)Nc1c(C)cccc1C. The number of benzene rings is 2. The highest BCUT2D eigenvalue weighted by Gasteiger charge is 2.15. The van der Waals surface area contributed by atoms with Crippen LogP contribution < -0.4 is 10.1 Å². The van der Waals surface area contributed by atoms with Crippen LogP contribution in [0.1, 0.15) is 28.1 Å². The quantitative estimate of drug-likeness (QED) is 0.377. The minimum absolute atomic E-state index is 0.0801. The number of ether oxygens (including phenoxy) is 1. The first-order valence-electron chi connectivity index (χ1n) is 10.1. The van der Waals surface area contributed by atoms with Gasteiger partial charge in [-0.2, -0.15) is 0 Å². The van der Waals surface area contributed by atoms with Gasteiger partial charge >= 0.3 is 0 Å². The average molecular weight is 437 g/mol. The number of para-hydroxylation sites is 1. The van der Waals surface area contributed by atoms with E-state index in [1.807, 2.05) is 54.8 Å². The Balaban J connectivity index is 1.64. The van der Waals surface area contributed by atoms with Crippen LogP contribution in [0.25, 0.3) is 0 Å². The van der Waals surface area contributed by atoms with Gasteiger partial charge < -0.3 is 10.1 Å². The number of aryl methyl sites for hydroxylation is 4. The molecule has 0 spiro atoms. The Morgan fingerprint density at radius 1 is 1.10 bits per heavy atom. The number of carbonyl (C=O) groups excluding carboxylic acids is 1. The monoisotopic (exact) mass is 436 g/mol. The van der Waals surface area contributed by atoms with Crippen molar-refractivity contribution < 1.29 is 9.53 Å². The molecule has 0 radical (unpaired) electrons. The molecule has 2 aromatic carbocycles. The van der Waals surface area contributed by atoms with Crippen LogP contribution >= 0.6 is 11.8 Å². The first-order chi connectivity index (χ1) is 14.9. The Bertz CT molecular complexity index is 1070. The fourth-order valence-corrected chi connectivity index (χ4v) is 3.88. The van der Waals surface area contributed by atoms with Crippen molar-refractivity contribution in [2.24, 2.45) is 0 Å². The zero-order valence-electron chi connectivity index (χ0n) is 18.4. The van der Waals surface area contributed by atoms with E-state index in [1.165, 1.54) is 22.9 Å². The highest BCUT2D eigenvalue weighted by atomic mass is 32.2. The van der Waals surface area contributed by atoms with E-state index in [4.69, 9.17) is 4.74 Å². The molecule has 1 amide bonds. The molecule has 7 heteroatoms. The third-order valence-corrected chi connectivity index (χ3v) is 6.00. The summed E-state index contributed by atoms with van der Waals surface area (Å²) in [5.74, 6) is 1.64. The molecule has 162 valence electrons. The highest BCUT2D eigenvalue weighted by molar-refractivity contribution is 7.99. The Morgan fingerprint density at radius 3 is 2.52 bits per heavy atom. The maximum Gasteiger partial charge on any atom is 0.234 e. The molecule has 0 aliphatic heterocycles. The number of nitrogens with zero attached hydrogens (tertiary/aromatic N) is 3. The number of nitrogens with one attached hydrogen (secondary N) is 1. The van der Waals surface area contributed by atoms with Crippen molar-refractivity contribution in [3.63, 3.8) is 0 Å². The average Bonchev–Trinajstić information content (AvgIpc) is 3.12. The number of carbonyl (C=O) groups is 1. The molecular weight excluding hydrogens is 408 g/mol. The summed E-state index contributed by atoms with van der Waals surface area (Å²) < 4.78 is 7.83. The van der Waals surface area contributed by atoms with Crippen LogP contribution in [-0.4, -0.2) is 26.4 Å². The maximum atomic E-state index is 12.5. The topological polar surface area (TPSA) is 69.0 Å². The first-order valence-corrected chi connectivity index (χ1v) is 11.1. The number of thioether (sulfide) groups is 1. The fourth-order valence-electron chi connectivity index (χ4n) is 3.11. The van der Waals surface area contributed by atoms with Gasteiger partial charge in [-0.25, -0.2) is 0 Å². The van der Waals surface area contributed by atoms with Gasteiger partial charge in [0.05, 0.1) is 5.75 Å². The van der Waals surface area contributed by atoms with Crippen LogP contribution in [0.15, 0.2) is 54.2 Å². The van der Waals surface area contributed by atoms with Crippen molar-refractivity contribution in [2.75, 3.05) is 11.1 Å². The van der Waals surface area contributed by atoms with Crippen molar-refractivity contribution in [1.82, 2.24) is 14.8 Å². The van der Waals surface area contributed by atoms with E-state index in [-0.39, 0.29) is 11.7 Å². The van der Waals surface area contributed by atoms with E-state index in [0.717, 1.165) is 22.6 Å². The molecule has 3 aromatic rings. The number of rotatable bonds is 9. The lowest BCUT2D eigenvalue weighted by molar-refractivity contribution is -0.113. The Kier molecular flexibility index (Phi) is 7.52. The molecule has 0 atom stereocenters. The normalized spacial score (nSPS) is 10.7. The van der Waals surface area contributed by atoms with Crippen molar-refractivity contribution in [1.29, 1.82) is 0 Å². The predicted octanol–water partition coefficient (Wildman–Crippen LogP) is 5.01. The number of allylic oxidation sites excluding steroid dienone is 1. The summed E-state index contributed by atoms with van der Waals surface area (Å²) in [6.07, 6.45) is 1.78. The third-order valence-electron chi connectivity index (χ3n) is 5.03. The summed E-state index contributed by atoms with van der Waals surface area (Å²) in [7, 11) is 0. The highest BCUT2D eigenvalue weighted by Crippen LogP contribution is 2.23. The molecule has 1 N–H and O–H groups in total. The number of hydrogen-bond donors (Lipinski definition) is 1. The van der Waals surface area contributed by atoms with Gasteiger partial charge in [0, 0.05) is 12.2 Å². The van der Waals surface area contributed by atoms with Gasteiger partial charge in [-0.05, 0) is 62.1 Å². The van der Waals surface area contributed by atoms with Gasteiger partial charge in [0.1, 0.15) is 12.4 Å².